The molecule has 0 aliphatic heterocycles. The van der Waals surface area contributed by atoms with Crippen LogP contribution in [0.1, 0.15) is 17.2 Å². The molecule has 1 heterocycles. The Morgan fingerprint density at radius 3 is 2.86 bits per heavy atom. The molecule has 3 nitrogen and oxygen atoms in total. The fourth-order valence-corrected chi connectivity index (χ4v) is 1.09. The minimum absolute atomic E-state index is 0.416. The van der Waals surface area contributed by atoms with Gasteiger partial charge in [-0.05, 0) is 18.6 Å². The quantitative estimate of drug-likeness (QED) is 0.682. The van der Waals surface area contributed by atoms with Crippen LogP contribution in [-0.2, 0) is 11.3 Å². The van der Waals surface area contributed by atoms with Gasteiger partial charge in [0.2, 0.25) is 0 Å². The molecule has 0 fully saturated rings. The van der Waals surface area contributed by atoms with E-state index in [1.807, 2.05) is 13.0 Å². The Morgan fingerprint density at radius 2 is 2.29 bits per heavy atom. The van der Waals surface area contributed by atoms with Crippen molar-refractivity contribution >= 4 is 5.57 Å². The van der Waals surface area contributed by atoms with Gasteiger partial charge < -0.3 is 4.74 Å². The summed E-state index contributed by atoms with van der Waals surface area (Å²) in [5.74, 6) is 0.672. The van der Waals surface area contributed by atoms with Crippen LogP contribution in [0.3, 0.4) is 0 Å². The Kier molecular flexibility index (Phi) is 3.54. The summed E-state index contributed by atoms with van der Waals surface area (Å²) in [5, 5.41) is 0. The molecule has 74 valence electrons. The van der Waals surface area contributed by atoms with Gasteiger partial charge in [0, 0.05) is 12.8 Å². The molecule has 0 aliphatic rings. The highest BCUT2D eigenvalue weighted by atomic mass is 16.5. The number of hydrogen-bond donors (Lipinski definition) is 0. The average molecular weight is 190 g/mol. The fraction of sp³-hybridized carbons (Fsp3) is 0.273. The highest BCUT2D eigenvalue weighted by molar-refractivity contribution is 5.68. The second-order valence-corrected chi connectivity index (χ2v) is 2.97. The molecule has 0 N–H and O–H groups in total. The first kappa shape index (κ1) is 10.6. The molecule has 0 radical (unpaired) electrons. The van der Waals surface area contributed by atoms with Crippen LogP contribution in [0.4, 0.5) is 0 Å². The van der Waals surface area contributed by atoms with E-state index in [2.05, 4.69) is 23.1 Å². The van der Waals surface area contributed by atoms with E-state index in [-0.39, 0.29) is 0 Å². The van der Waals surface area contributed by atoms with E-state index in [9.17, 15) is 0 Å². The van der Waals surface area contributed by atoms with Crippen molar-refractivity contribution in [2.45, 2.75) is 13.5 Å². The second kappa shape index (κ2) is 4.67. The number of aryl methyl sites for hydroxylation is 1. The van der Waals surface area contributed by atoms with Crippen LogP contribution in [0.5, 0.6) is 0 Å². The van der Waals surface area contributed by atoms with Crippen molar-refractivity contribution < 1.29 is 4.74 Å². The van der Waals surface area contributed by atoms with Crippen LogP contribution >= 0.6 is 0 Å². The number of rotatable bonds is 4. The predicted molar refractivity (Wildman–Crippen MR) is 56.7 cm³/mol. The van der Waals surface area contributed by atoms with Crippen molar-refractivity contribution in [2.24, 2.45) is 0 Å². The standard InChI is InChI=1S/C11H14N2O/c1-5-8(2)10-6-9(3)12-11(13-10)7-14-4/h5-6H,1-2,7H2,3-4H3. The van der Waals surface area contributed by atoms with Gasteiger partial charge in [-0.25, -0.2) is 9.97 Å². The van der Waals surface area contributed by atoms with Gasteiger partial charge in [-0.1, -0.05) is 19.2 Å². The van der Waals surface area contributed by atoms with Crippen LogP contribution in [0, 0.1) is 6.92 Å². The van der Waals surface area contributed by atoms with E-state index in [0.717, 1.165) is 17.0 Å². The molecular weight excluding hydrogens is 176 g/mol. The van der Waals surface area contributed by atoms with Gasteiger partial charge in [0.1, 0.15) is 6.61 Å². The molecular formula is C11H14N2O. The number of hydrogen-bond acceptors (Lipinski definition) is 3. The molecule has 0 saturated heterocycles. The SMILES string of the molecule is C=CC(=C)c1cc(C)nc(COC)n1. The third-order valence-corrected chi connectivity index (χ3v) is 1.75. The van der Waals surface area contributed by atoms with Crippen molar-refractivity contribution in [2.75, 3.05) is 7.11 Å². The van der Waals surface area contributed by atoms with Gasteiger partial charge in [-0.2, -0.15) is 0 Å². The molecule has 1 aromatic heterocycles. The summed E-state index contributed by atoms with van der Waals surface area (Å²) >= 11 is 0. The molecule has 0 amide bonds. The lowest BCUT2D eigenvalue weighted by Crippen LogP contribution is -2.01. The largest absolute Gasteiger partial charge is 0.377 e. The molecule has 0 bridgehead atoms. The summed E-state index contributed by atoms with van der Waals surface area (Å²) in [6, 6.07) is 1.88. The summed E-state index contributed by atoms with van der Waals surface area (Å²) in [7, 11) is 1.62. The van der Waals surface area contributed by atoms with Gasteiger partial charge in [-0.3, -0.25) is 0 Å². The first-order valence-electron chi connectivity index (χ1n) is 4.32. The van der Waals surface area contributed by atoms with Crippen LogP contribution in [0.2, 0.25) is 0 Å². The molecule has 1 aromatic rings. The van der Waals surface area contributed by atoms with Crippen LogP contribution in [-0.4, -0.2) is 17.1 Å². The van der Waals surface area contributed by atoms with Crippen molar-refractivity contribution in [3.8, 4) is 0 Å². The number of aromatic nitrogens is 2. The zero-order valence-corrected chi connectivity index (χ0v) is 8.58. The highest BCUT2D eigenvalue weighted by Gasteiger charge is 2.02. The Labute approximate surface area is 84.2 Å². The van der Waals surface area contributed by atoms with E-state index < -0.39 is 0 Å². The Morgan fingerprint density at radius 1 is 1.57 bits per heavy atom. The van der Waals surface area contributed by atoms with Gasteiger partial charge in [0.05, 0.1) is 5.69 Å². The number of methoxy groups -OCH3 is 1. The van der Waals surface area contributed by atoms with Gasteiger partial charge in [-0.15, -0.1) is 0 Å². The molecule has 0 atom stereocenters. The van der Waals surface area contributed by atoms with Gasteiger partial charge in [0.15, 0.2) is 5.82 Å². The highest BCUT2D eigenvalue weighted by Crippen LogP contribution is 2.11. The fourth-order valence-electron chi connectivity index (χ4n) is 1.09. The Balaban J connectivity index is 3.06. The Hall–Kier alpha value is -1.48. The lowest BCUT2D eigenvalue weighted by molar-refractivity contribution is 0.177. The lowest BCUT2D eigenvalue weighted by atomic mass is 10.2. The summed E-state index contributed by atoms with van der Waals surface area (Å²) in [6.45, 7) is 9.82. The molecule has 0 aromatic carbocycles. The maximum atomic E-state index is 4.97. The van der Waals surface area contributed by atoms with Crippen LogP contribution in [0.25, 0.3) is 5.57 Å². The monoisotopic (exact) mass is 190 g/mol. The maximum Gasteiger partial charge on any atom is 0.154 e. The zero-order valence-electron chi connectivity index (χ0n) is 8.58. The van der Waals surface area contributed by atoms with Gasteiger partial charge in [0.25, 0.3) is 0 Å². The Bertz CT molecular complexity index is 358. The summed E-state index contributed by atoms with van der Waals surface area (Å²) in [4.78, 5) is 8.52. The molecule has 0 unspecified atom stereocenters. The van der Waals surface area contributed by atoms with Crippen LogP contribution in [0.15, 0.2) is 25.3 Å². The molecule has 0 saturated carbocycles. The average Bonchev–Trinajstić information content (AvgIpc) is 2.16. The van der Waals surface area contributed by atoms with Crippen molar-refractivity contribution in [1.29, 1.82) is 0 Å². The van der Waals surface area contributed by atoms with Gasteiger partial charge >= 0.3 is 0 Å². The first-order chi connectivity index (χ1) is 6.67. The second-order valence-electron chi connectivity index (χ2n) is 2.97. The minimum atomic E-state index is 0.416. The van der Waals surface area contributed by atoms with E-state index in [4.69, 9.17) is 4.74 Å². The van der Waals surface area contributed by atoms with E-state index in [1.54, 1.807) is 13.2 Å². The first-order valence-corrected chi connectivity index (χ1v) is 4.32. The van der Waals surface area contributed by atoms with E-state index in [0.29, 0.717) is 12.4 Å². The number of ether oxygens (including phenoxy) is 1. The van der Waals surface area contributed by atoms with E-state index >= 15 is 0 Å². The summed E-state index contributed by atoms with van der Waals surface area (Å²) < 4.78 is 4.97. The predicted octanol–water partition coefficient (Wildman–Crippen LogP) is 2.13. The maximum absolute atomic E-state index is 4.97. The number of nitrogens with zero attached hydrogens (tertiary/aromatic N) is 2. The third kappa shape index (κ3) is 2.50. The topological polar surface area (TPSA) is 35.0 Å². The zero-order chi connectivity index (χ0) is 10.6. The lowest BCUT2D eigenvalue weighted by Gasteiger charge is -2.04. The smallest absolute Gasteiger partial charge is 0.154 e. The number of allylic oxidation sites excluding steroid dienone is 2. The normalized spacial score (nSPS) is 9.86. The third-order valence-electron chi connectivity index (χ3n) is 1.75. The molecule has 0 spiro atoms. The van der Waals surface area contributed by atoms with Crippen molar-refractivity contribution in [3.63, 3.8) is 0 Å². The van der Waals surface area contributed by atoms with Crippen molar-refractivity contribution in [1.82, 2.24) is 9.97 Å². The molecule has 1 rings (SSSR count). The summed E-state index contributed by atoms with van der Waals surface area (Å²) in [5.41, 5.74) is 2.51. The molecule has 3 heteroatoms. The van der Waals surface area contributed by atoms with Crippen molar-refractivity contribution in [3.05, 3.63) is 42.5 Å². The molecule has 14 heavy (non-hydrogen) atoms. The summed E-state index contributed by atoms with van der Waals surface area (Å²) in [6.07, 6.45) is 1.68. The van der Waals surface area contributed by atoms with E-state index in [1.165, 1.54) is 0 Å². The minimum Gasteiger partial charge on any atom is -0.377 e. The van der Waals surface area contributed by atoms with Crippen LogP contribution < -0.4 is 0 Å². The molecule has 0 aliphatic carbocycles.